The molecule has 0 bridgehead atoms. The molecular formula is C23H40N4O2. The summed E-state index contributed by atoms with van der Waals surface area (Å²) in [5.74, 6) is 1.51. The summed E-state index contributed by atoms with van der Waals surface area (Å²) in [5, 5.41) is 7.01. The van der Waals surface area contributed by atoms with Gasteiger partial charge in [0.15, 0.2) is 5.96 Å². The van der Waals surface area contributed by atoms with E-state index in [9.17, 15) is 0 Å². The van der Waals surface area contributed by atoms with Crippen LogP contribution in [0.4, 0.5) is 0 Å². The first-order valence-electron chi connectivity index (χ1n) is 11.0. The average Bonchev–Trinajstić information content (AvgIpc) is 2.74. The first-order valence-corrected chi connectivity index (χ1v) is 11.0. The monoisotopic (exact) mass is 404 g/mol. The Morgan fingerprint density at radius 2 is 1.90 bits per heavy atom. The van der Waals surface area contributed by atoms with Crippen molar-refractivity contribution < 1.29 is 9.47 Å². The normalized spacial score (nSPS) is 16.8. The third-order valence-corrected chi connectivity index (χ3v) is 5.20. The molecule has 0 spiro atoms. The number of benzene rings is 1. The van der Waals surface area contributed by atoms with Crippen LogP contribution in [-0.4, -0.2) is 63.4 Å². The first kappa shape index (κ1) is 23.6. The molecule has 29 heavy (non-hydrogen) atoms. The molecule has 1 aliphatic heterocycles. The Bertz CT molecular complexity index is 600. The molecule has 0 aromatic heterocycles. The van der Waals surface area contributed by atoms with Gasteiger partial charge >= 0.3 is 0 Å². The lowest BCUT2D eigenvalue weighted by molar-refractivity contribution is 0.0132. The minimum absolute atomic E-state index is 0.493. The maximum absolute atomic E-state index is 5.74. The molecule has 0 radical (unpaired) electrons. The summed E-state index contributed by atoms with van der Waals surface area (Å²) in [6.07, 6.45) is 2.21. The zero-order valence-corrected chi connectivity index (χ0v) is 18.7. The minimum Gasteiger partial charge on any atom is -0.379 e. The van der Waals surface area contributed by atoms with Crippen LogP contribution in [-0.2, 0) is 22.6 Å². The van der Waals surface area contributed by atoms with Crippen LogP contribution in [0.5, 0.6) is 0 Å². The molecule has 0 amide bonds. The molecule has 6 nitrogen and oxygen atoms in total. The molecule has 1 aromatic rings. The van der Waals surface area contributed by atoms with Crippen LogP contribution in [0.3, 0.4) is 0 Å². The Morgan fingerprint density at radius 3 is 2.55 bits per heavy atom. The maximum Gasteiger partial charge on any atom is 0.191 e. The van der Waals surface area contributed by atoms with Crippen LogP contribution in [0.2, 0.25) is 0 Å². The van der Waals surface area contributed by atoms with Gasteiger partial charge in [-0.2, -0.15) is 0 Å². The average molecular weight is 405 g/mol. The van der Waals surface area contributed by atoms with Crippen LogP contribution >= 0.6 is 0 Å². The molecule has 1 atom stereocenters. The Morgan fingerprint density at radius 1 is 1.17 bits per heavy atom. The van der Waals surface area contributed by atoms with Crippen molar-refractivity contribution in [3.8, 4) is 0 Å². The third-order valence-electron chi connectivity index (χ3n) is 5.20. The SMILES string of the molecule is CCCOCc1ccccc1CNC(=NC)NCC(CC(C)C)N1CCOCC1. The van der Waals surface area contributed by atoms with Crippen molar-refractivity contribution in [2.24, 2.45) is 10.9 Å². The van der Waals surface area contributed by atoms with E-state index in [1.54, 1.807) is 0 Å². The summed E-state index contributed by atoms with van der Waals surface area (Å²) in [6, 6.07) is 8.93. The predicted octanol–water partition coefficient (Wildman–Crippen LogP) is 3.03. The van der Waals surface area contributed by atoms with Crippen molar-refractivity contribution in [3.05, 3.63) is 35.4 Å². The van der Waals surface area contributed by atoms with Gasteiger partial charge in [-0.15, -0.1) is 0 Å². The van der Waals surface area contributed by atoms with Gasteiger partial charge in [-0.25, -0.2) is 0 Å². The molecule has 1 aromatic carbocycles. The number of guanidine groups is 1. The number of morpholine rings is 1. The van der Waals surface area contributed by atoms with E-state index in [0.717, 1.165) is 58.4 Å². The standard InChI is InChI=1S/C23H40N4O2/c1-5-12-29-18-21-9-7-6-8-20(21)16-25-23(24-4)26-17-22(15-19(2)3)27-10-13-28-14-11-27/h6-9,19,22H,5,10-18H2,1-4H3,(H2,24,25,26). The van der Waals surface area contributed by atoms with Crippen molar-refractivity contribution in [1.29, 1.82) is 0 Å². The lowest BCUT2D eigenvalue weighted by Crippen LogP contribution is -2.51. The van der Waals surface area contributed by atoms with Gasteiger partial charge in [-0.05, 0) is 29.9 Å². The molecule has 1 saturated heterocycles. The number of ether oxygens (including phenoxy) is 2. The fourth-order valence-electron chi connectivity index (χ4n) is 3.66. The van der Waals surface area contributed by atoms with Crippen molar-refractivity contribution in [2.45, 2.75) is 52.8 Å². The second kappa shape index (κ2) is 13.6. The van der Waals surface area contributed by atoms with E-state index in [1.807, 2.05) is 7.05 Å². The highest BCUT2D eigenvalue weighted by Crippen LogP contribution is 2.13. The molecule has 2 N–H and O–H groups in total. The van der Waals surface area contributed by atoms with E-state index in [2.05, 4.69) is 65.6 Å². The molecule has 0 saturated carbocycles. The summed E-state index contributed by atoms with van der Waals surface area (Å²) in [7, 11) is 1.83. The summed E-state index contributed by atoms with van der Waals surface area (Å²) >= 11 is 0. The lowest BCUT2D eigenvalue weighted by atomic mass is 10.0. The largest absolute Gasteiger partial charge is 0.379 e. The number of rotatable bonds is 11. The number of nitrogens with zero attached hydrogens (tertiary/aromatic N) is 2. The third kappa shape index (κ3) is 8.72. The van der Waals surface area contributed by atoms with Crippen LogP contribution in [0.25, 0.3) is 0 Å². The molecule has 1 heterocycles. The number of aliphatic imine (C=N–C) groups is 1. The topological polar surface area (TPSA) is 58.1 Å². The van der Waals surface area contributed by atoms with Gasteiger partial charge in [-0.1, -0.05) is 45.0 Å². The van der Waals surface area contributed by atoms with Gasteiger partial charge in [0.1, 0.15) is 0 Å². The minimum atomic E-state index is 0.493. The smallest absolute Gasteiger partial charge is 0.191 e. The van der Waals surface area contributed by atoms with E-state index in [0.29, 0.717) is 18.6 Å². The first-order chi connectivity index (χ1) is 14.1. The van der Waals surface area contributed by atoms with Gasteiger partial charge in [0.05, 0.1) is 19.8 Å². The fourth-order valence-corrected chi connectivity index (χ4v) is 3.66. The van der Waals surface area contributed by atoms with E-state index < -0.39 is 0 Å². The molecule has 1 unspecified atom stereocenters. The van der Waals surface area contributed by atoms with Crippen LogP contribution in [0, 0.1) is 5.92 Å². The van der Waals surface area contributed by atoms with Crippen LogP contribution < -0.4 is 10.6 Å². The number of hydrogen-bond acceptors (Lipinski definition) is 4. The highest BCUT2D eigenvalue weighted by atomic mass is 16.5. The van der Waals surface area contributed by atoms with E-state index >= 15 is 0 Å². The van der Waals surface area contributed by atoms with E-state index in [4.69, 9.17) is 9.47 Å². The van der Waals surface area contributed by atoms with Crippen LogP contribution in [0.15, 0.2) is 29.3 Å². The highest BCUT2D eigenvalue weighted by Gasteiger charge is 2.22. The highest BCUT2D eigenvalue weighted by molar-refractivity contribution is 5.79. The maximum atomic E-state index is 5.74. The van der Waals surface area contributed by atoms with Crippen molar-refractivity contribution in [3.63, 3.8) is 0 Å². The predicted molar refractivity (Wildman–Crippen MR) is 120 cm³/mol. The quantitative estimate of drug-likeness (QED) is 0.337. The van der Waals surface area contributed by atoms with Gasteiger partial charge in [0.25, 0.3) is 0 Å². The lowest BCUT2D eigenvalue weighted by Gasteiger charge is -2.35. The number of nitrogens with one attached hydrogen (secondary N) is 2. The zero-order valence-electron chi connectivity index (χ0n) is 18.7. The van der Waals surface area contributed by atoms with Gasteiger partial charge in [0.2, 0.25) is 0 Å². The molecular weight excluding hydrogens is 364 g/mol. The fraction of sp³-hybridized carbons (Fsp3) is 0.696. The molecule has 6 heteroatoms. The zero-order chi connectivity index (χ0) is 20.9. The molecule has 164 valence electrons. The summed E-state index contributed by atoms with van der Waals surface area (Å²) in [6.45, 7) is 13.5. The second-order valence-electron chi connectivity index (χ2n) is 8.06. The summed E-state index contributed by atoms with van der Waals surface area (Å²) < 4.78 is 11.3. The summed E-state index contributed by atoms with van der Waals surface area (Å²) in [5.41, 5.74) is 2.48. The Hall–Kier alpha value is -1.63. The molecule has 1 fully saturated rings. The van der Waals surface area contributed by atoms with Crippen molar-refractivity contribution in [2.75, 3.05) is 46.5 Å². The number of hydrogen-bond donors (Lipinski definition) is 2. The van der Waals surface area contributed by atoms with Gasteiger partial charge < -0.3 is 20.1 Å². The summed E-state index contributed by atoms with van der Waals surface area (Å²) in [4.78, 5) is 6.97. The van der Waals surface area contributed by atoms with Gasteiger partial charge in [-0.3, -0.25) is 9.89 Å². The van der Waals surface area contributed by atoms with Crippen molar-refractivity contribution >= 4 is 5.96 Å². The molecule has 0 aliphatic carbocycles. The van der Waals surface area contributed by atoms with Gasteiger partial charge in [0, 0.05) is 45.9 Å². The van der Waals surface area contributed by atoms with Crippen LogP contribution in [0.1, 0.15) is 44.7 Å². The molecule has 1 aliphatic rings. The Balaban J connectivity index is 1.88. The Labute approximate surface area is 177 Å². The molecule has 2 rings (SSSR count). The van der Waals surface area contributed by atoms with Crippen molar-refractivity contribution in [1.82, 2.24) is 15.5 Å². The van der Waals surface area contributed by atoms with E-state index in [1.165, 1.54) is 17.5 Å². The van der Waals surface area contributed by atoms with E-state index in [-0.39, 0.29) is 0 Å². The second-order valence-corrected chi connectivity index (χ2v) is 8.06. The Kier molecular flexibility index (Phi) is 11.1.